The molecule has 5 heteroatoms. The van der Waals surface area contributed by atoms with Gasteiger partial charge < -0.3 is 9.84 Å². The van der Waals surface area contributed by atoms with Gasteiger partial charge in [-0.15, -0.1) is 11.8 Å². The monoisotopic (exact) mass is 234 g/mol. The fraction of sp³-hybridized carbons (Fsp3) is 0.400. The second-order valence-electron chi connectivity index (χ2n) is 3.03. The number of thioether (sulfide) groups is 1. The summed E-state index contributed by atoms with van der Waals surface area (Å²) in [7, 11) is 1.28. The van der Waals surface area contributed by atoms with Gasteiger partial charge in [-0.25, -0.2) is 8.78 Å². The molecule has 0 bridgehead atoms. The molecule has 0 fully saturated rings. The number of aliphatic hydroxyl groups excluding tert-OH is 1. The fourth-order valence-corrected chi connectivity index (χ4v) is 1.86. The zero-order chi connectivity index (χ0) is 11.4. The van der Waals surface area contributed by atoms with Crippen LogP contribution in [-0.2, 0) is 0 Å². The van der Waals surface area contributed by atoms with Crippen LogP contribution in [0, 0.1) is 11.6 Å². The van der Waals surface area contributed by atoms with Crippen molar-refractivity contribution in [2.75, 3.05) is 13.7 Å². The maximum atomic E-state index is 13.4. The maximum absolute atomic E-state index is 13.4. The van der Waals surface area contributed by atoms with Crippen molar-refractivity contribution in [3.05, 3.63) is 23.8 Å². The van der Waals surface area contributed by atoms with Crippen LogP contribution in [0.25, 0.3) is 0 Å². The molecule has 0 spiro atoms. The molecular formula is C10H12F2O2S. The molecule has 0 radical (unpaired) electrons. The largest absolute Gasteiger partial charge is 0.494 e. The summed E-state index contributed by atoms with van der Waals surface area (Å²) in [5.74, 6) is -1.27. The first kappa shape index (κ1) is 12.3. The number of ether oxygens (including phenoxy) is 1. The molecule has 84 valence electrons. The SMILES string of the molecule is COc1cc(F)c(SC(C)CO)cc1F. The summed E-state index contributed by atoms with van der Waals surface area (Å²) in [5, 5.41) is 8.62. The molecule has 0 heterocycles. The van der Waals surface area contributed by atoms with Gasteiger partial charge in [0.15, 0.2) is 11.6 Å². The van der Waals surface area contributed by atoms with E-state index in [1.54, 1.807) is 6.92 Å². The summed E-state index contributed by atoms with van der Waals surface area (Å²) >= 11 is 1.08. The van der Waals surface area contributed by atoms with Gasteiger partial charge in [0.2, 0.25) is 0 Å². The molecule has 1 N–H and O–H groups in total. The molecule has 0 saturated heterocycles. The highest BCUT2D eigenvalue weighted by atomic mass is 32.2. The highest BCUT2D eigenvalue weighted by Gasteiger charge is 2.13. The van der Waals surface area contributed by atoms with E-state index >= 15 is 0 Å². The average molecular weight is 234 g/mol. The number of hydrogen-bond donors (Lipinski definition) is 1. The van der Waals surface area contributed by atoms with Crippen molar-refractivity contribution in [3.8, 4) is 5.75 Å². The van der Waals surface area contributed by atoms with Crippen LogP contribution in [0.15, 0.2) is 17.0 Å². The standard InChI is InChI=1S/C10H12F2O2S/c1-6(5-13)15-10-4-7(11)9(14-2)3-8(10)12/h3-4,6,13H,5H2,1-2H3. The molecule has 1 rings (SSSR count). The Morgan fingerprint density at radius 2 is 2.07 bits per heavy atom. The number of benzene rings is 1. The zero-order valence-corrected chi connectivity index (χ0v) is 9.28. The molecule has 0 saturated carbocycles. The summed E-state index contributed by atoms with van der Waals surface area (Å²) < 4.78 is 31.2. The van der Waals surface area contributed by atoms with Gasteiger partial charge in [-0.1, -0.05) is 6.92 Å². The van der Waals surface area contributed by atoms with Crippen LogP contribution in [0.4, 0.5) is 8.78 Å². The van der Waals surface area contributed by atoms with E-state index in [0.717, 1.165) is 23.9 Å². The van der Waals surface area contributed by atoms with E-state index in [4.69, 9.17) is 5.11 Å². The topological polar surface area (TPSA) is 29.5 Å². The molecule has 2 nitrogen and oxygen atoms in total. The summed E-state index contributed by atoms with van der Waals surface area (Å²) in [4.78, 5) is 0.176. The van der Waals surface area contributed by atoms with Gasteiger partial charge >= 0.3 is 0 Å². The molecule has 0 aromatic heterocycles. The first-order valence-electron chi connectivity index (χ1n) is 4.39. The molecular weight excluding hydrogens is 222 g/mol. The summed E-state index contributed by atoms with van der Waals surface area (Å²) in [6.07, 6.45) is 0. The Kier molecular flexibility index (Phi) is 4.35. The van der Waals surface area contributed by atoms with E-state index in [0.29, 0.717) is 0 Å². The van der Waals surface area contributed by atoms with Gasteiger partial charge in [-0.2, -0.15) is 0 Å². The van der Waals surface area contributed by atoms with Crippen molar-refractivity contribution < 1.29 is 18.6 Å². The van der Waals surface area contributed by atoms with Crippen molar-refractivity contribution in [1.82, 2.24) is 0 Å². The van der Waals surface area contributed by atoms with E-state index in [-0.39, 0.29) is 22.5 Å². The van der Waals surface area contributed by atoms with Gasteiger partial charge in [0.05, 0.1) is 13.7 Å². The maximum Gasteiger partial charge on any atom is 0.166 e. The van der Waals surface area contributed by atoms with Gasteiger partial charge in [-0.3, -0.25) is 0 Å². The molecule has 0 aliphatic heterocycles. The number of hydrogen-bond acceptors (Lipinski definition) is 3. The second kappa shape index (κ2) is 5.32. The molecule has 1 atom stereocenters. The van der Waals surface area contributed by atoms with Crippen molar-refractivity contribution in [3.63, 3.8) is 0 Å². The number of methoxy groups -OCH3 is 1. The van der Waals surface area contributed by atoms with Gasteiger partial charge in [-0.05, 0) is 6.07 Å². The first-order valence-corrected chi connectivity index (χ1v) is 5.27. The minimum absolute atomic E-state index is 0.0856. The Balaban J connectivity index is 2.95. The first-order chi connectivity index (χ1) is 7.08. The Morgan fingerprint density at radius 1 is 1.40 bits per heavy atom. The minimum Gasteiger partial charge on any atom is -0.494 e. The summed E-state index contributed by atoms with van der Waals surface area (Å²) in [6, 6.07) is 2.08. The Labute approximate surface area is 91.3 Å². The lowest BCUT2D eigenvalue weighted by Crippen LogP contribution is -2.02. The smallest absolute Gasteiger partial charge is 0.166 e. The normalized spacial score (nSPS) is 12.6. The zero-order valence-electron chi connectivity index (χ0n) is 8.46. The van der Waals surface area contributed by atoms with Crippen LogP contribution >= 0.6 is 11.8 Å². The molecule has 1 aromatic rings. The lowest BCUT2D eigenvalue weighted by Gasteiger charge is -2.10. The number of rotatable bonds is 4. The molecule has 1 aromatic carbocycles. The summed E-state index contributed by atoms with van der Waals surface area (Å²) in [6.45, 7) is 1.64. The Morgan fingerprint density at radius 3 is 2.60 bits per heavy atom. The van der Waals surface area contributed by atoms with Crippen molar-refractivity contribution >= 4 is 11.8 Å². The Hall–Kier alpha value is -0.810. The third-order valence-corrected chi connectivity index (χ3v) is 2.91. The van der Waals surface area contributed by atoms with Crippen molar-refractivity contribution in [1.29, 1.82) is 0 Å². The van der Waals surface area contributed by atoms with Crippen LogP contribution in [0.3, 0.4) is 0 Å². The van der Waals surface area contributed by atoms with E-state index in [2.05, 4.69) is 4.74 Å². The molecule has 0 amide bonds. The second-order valence-corrected chi connectivity index (χ2v) is 4.51. The van der Waals surface area contributed by atoms with E-state index in [1.165, 1.54) is 7.11 Å². The lowest BCUT2D eigenvalue weighted by atomic mass is 10.3. The van der Waals surface area contributed by atoms with Gasteiger partial charge in [0.1, 0.15) is 5.82 Å². The van der Waals surface area contributed by atoms with E-state index in [1.807, 2.05) is 0 Å². The third kappa shape index (κ3) is 3.07. The number of aliphatic hydroxyl groups is 1. The van der Waals surface area contributed by atoms with Gasteiger partial charge in [0, 0.05) is 16.2 Å². The van der Waals surface area contributed by atoms with Crippen LogP contribution in [0.2, 0.25) is 0 Å². The van der Waals surface area contributed by atoms with Gasteiger partial charge in [0.25, 0.3) is 0 Å². The van der Waals surface area contributed by atoms with Crippen LogP contribution in [0.1, 0.15) is 6.92 Å². The van der Waals surface area contributed by atoms with E-state index < -0.39 is 11.6 Å². The molecule has 1 unspecified atom stereocenters. The van der Waals surface area contributed by atoms with Crippen LogP contribution in [0.5, 0.6) is 5.75 Å². The quantitative estimate of drug-likeness (QED) is 0.811. The van der Waals surface area contributed by atoms with Crippen molar-refractivity contribution in [2.24, 2.45) is 0 Å². The molecule has 15 heavy (non-hydrogen) atoms. The van der Waals surface area contributed by atoms with E-state index in [9.17, 15) is 8.78 Å². The van der Waals surface area contributed by atoms with Crippen LogP contribution < -0.4 is 4.74 Å². The average Bonchev–Trinajstić information content (AvgIpc) is 2.22. The van der Waals surface area contributed by atoms with Crippen LogP contribution in [-0.4, -0.2) is 24.1 Å². The van der Waals surface area contributed by atoms with Crippen molar-refractivity contribution in [2.45, 2.75) is 17.1 Å². The lowest BCUT2D eigenvalue weighted by molar-refractivity contribution is 0.300. The third-order valence-electron chi connectivity index (χ3n) is 1.79. The summed E-state index contributed by atoms with van der Waals surface area (Å²) in [5.41, 5.74) is 0. The minimum atomic E-state index is -0.605. The Bertz CT molecular complexity index is 344. The highest BCUT2D eigenvalue weighted by molar-refractivity contribution is 8.00. The predicted molar refractivity (Wildman–Crippen MR) is 55.3 cm³/mol. The molecule has 0 aliphatic rings. The molecule has 0 aliphatic carbocycles. The predicted octanol–water partition coefficient (Wildman–Crippen LogP) is 2.45. The number of halogens is 2. The highest BCUT2D eigenvalue weighted by Crippen LogP contribution is 2.30. The fourth-order valence-electron chi connectivity index (χ4n) is 1.01.